The number of aryl methyl sites for hydroxylation is 1. The van der Waals surface area contributed by atoms with E-state index in [-0.39, 0.29) is 5.56 Å². The van der Waals surface area contributed by atoms with Crippen LogP contribution in [0.2, 0.25) is 0 Å². The van der Waals surface area contributed by atoms with E-state index in [2.05, 4.69) is 9.88 Å². The Balaban J connectivity index is 1.52. The molecule has 24 heavy (non-hydrogen) atoms. The molecule has 2 saturated heterocycles. The van der Waals surface area contributed by atoms with Crippen molar-refractivity contribution in [3.05, 3.63) is 27.9 Å². The van der Waals surface area contributed by atoms with Gasteiger partial charge < -0.3 is 14.7 Å². The fraction of sp³-hybridized carbons (Fsp3) is 0.778. The molecule has 0 atom stereocenters. The Morgan fingerprint density at radius 2 is 1.96 bits per heavy atom. The van der Waals surface area contributed by atoms with Gasteiger partial charge in [0.25, 0.3) is 5.56 Å². The minimum Gasteiger partial charge on any atom is -0.388 e. The number of ether oxygens (including phenoxy) is 1. The first-order valence-corrected chi connectivity index (χ1v) is 9.02. The van der Waals surface area contributed by atoms with Gasteiger partial charge >= 0.3 is 0 Å². The molecule has 1 aromatic heterocycles. The van der Waals surface area contributed by atoms with Crippen molar-refractivity contribution >= 4 is 0 Å². The first-order valence-electron chi connectivity index (χ1n) is 9.02. The van der Waals surface area contributed by atoms with Crippen LogP contribution in [0.1, 0.15) is 36.9 Å². The third-order valence-corrected chi connectivity index (χ3v) is 5.62. The van der Waals surface area contributed by atoms with Crippen LogP contribution in [0.4, 0.5) is 0 Å². The summed E-state index contributed by atoms with van der Waals surface area (Å²) in [4.78, 5) is 19.0. The number of β-amino-alcohol motifs (C(OH)–C–C–N with tert-alkyl or cyclic N) is 1. The molecule has 0 saturated carbocycles. The molecule has 0 bridgehead atoms. The van der Waals surface area contributed by atoms with Crippen molar-refractivity contribution in [1.29, 1.82) is 0 Å². The Labute approximate surface area is 143 Å². The quantitative estimate of drug-likeness (QED) is 0.893. The van der Waals surface area contributed by atoms with Gasteiger partial charge in [-0.25, -0.2) is 4.98 Å². The van der Waals surface area contributed by atoms with Crippen molar-refractivity contribution in [2.45, 2.75) is 51.7 Å². The van der Waals surface area contributed by atoms with Crippen LogP contribution < -0.4 is 5.56 Å². The summed E-state index contributed by atoms with van der Waals surface area (Å²) in [6.07, 6.45) is 5.27. The highest BCUT2D eigenvalue weighted by atomic mass is 16.5. The summed E-state index contributed by atoms with van der Waals surface area (Å²) in [5.74, 6) is 0.507. The number of hydrogen-bond donors (Lipinski definition) is 1. The molecule has 0 unspecified atom stereocenters. The molecule has 0 aliphatic carbocycles. The van der Waals surface area contributed by atoms with Gasteiger partial charge in [-0.2, -0.15) is 0 Å². The summed E-state index contributed by atoms with van der Waals surface area (Å²) in [5, 5.41) is 10.6. The van der Waals surface area contributed by atoms with Crippen LogP contribution in [-0.4, -0.2) is 58.0 Å². The second-order valence-electron chi connectivity index (χ2n) is 7.47. The summed E-state index contributed by atoms with van der Waals surface area (Å²) in [6, 6.07) is 0. The second-order valence-corrected chi connectivity index (χ2v) is 7.47. The minimum atomic E-state index is -0.583. The van der Waals surface area contributed by atoms with Gasteiger partial charge in [0, 0.05) is 50.4 Å². The van der Waals surface area contributed by atoms with E-state index < -0.39 is 5.60 Å². The zero-order valence-electron chi connectivity index (χ0n) is 14.8. The molecule has 134 valence electrons. The van der Waals surface area contributed by atoms with E-state index in [0.717, 1.165) is 63.1 Å². The molecule has 0 aromatic carbocycles. The molecule has 3 heterocycles. The number of nitrogens with zero attached hydrogens (tertiary/aromatic N) is 3. The molecular formula is C18H29N3O3. The van der Waals surface area contributed by atoms with E-state index in [1.54, 1.807) is 10.9 Å². The SMILES string of the molecule is Cc1ncn(CC2CCN(CC3(O)CCOCC3)CC2)c(=O)c1C. The molecule has 2 fully saturated rings. The van der Waals surface area contributed by atoms with Gasteiger partial charge in [0.15, 0.2) is 0 Å². The minimum absolute atomic E-state index is 0.0847. The van der Waals surface area contributed by atoms with Crippen LogP contribution in [-0.2, 0) is 11.3 Å². The summed E-state index contributed by atoms with van der Waals surface area (Å²) in [5.41, 5.74) is 1.06. The predicted molar refractivity (Wildman–Crippen MR) is 92.1 cm³/mol. The van der Waals surface area contributed by atoms with Gasteiger partial charge in [-0.3, -0.25) is 9.36 Å². The van der Waals surface area contributed by atoms with Gasteiger partial charge in [-0.15, -0.1) is 0 Å². The molecular weight excluding hydrogens is 306 g/mol. The van der Waals surface area contributed by atoms with Gasteiger partial charge in [-0.05, 0) is 45.7 Å². The van der Waals surface area contributed by atoms with Gasteiger partial charge in [0.05, 0.1) is 11.9 Å². The number of likely N-dealkylation sites (tertiary alicyclic amines) is 1. The first-order chi connectivity index (χ1) is 11.5. The normalized spacial score (nSPS) is 22.6. The van der Waals surface area contributed by atoms with Gasteiger partial charge in [-0.1, -0.05) is 0 Å². The zero-order valence-corrected chi connectivity index (χ0v) is 14.8. The average Bonchev–Trinajstić information content (AvgIpc) is 2.57. The van der Waals surface area contributed by atoms with Crippen molar-refractivity contribution in [3.8, 4) is 0 Å². The maximum Gasteiger partial charge on any atom is 0.256 e. The van der Waals surface area contributed by atoms with Crippen LogP contribution in [0.15, 0.2) is 11.1 Å². The third-order valence-electron chi connectivity index (χ3n) is 5.62. The first kappa shape index (κ1) is 17.6. The van der Waals surface area contributed by atoms with E-state index >= 15 is 0 Å². The monoisotopic (exact) mass is 335 g/mol. The maximum absolute atomic E-state index is 12.3. The van der Waals surface area contributed by atoms with E-state index in [1.165, 1.54) is 0 Å². The average molecular weight is 335 g/mol. The molecule has 0 radical (unpaired) electrons. The fourth-order valence-electron chi connectivity index (χ4n) is 3.74. The summed E-state index contributed by atoms with van der Waals surface area (Å²) in [7, 11) is 0. The lowest BCUT2D eigenvalue weighted by Gasteiger charge is -2.40. The number of aliphatic hydroxyl groups is 1. The zero-order chi connectivity index (χ0) is 17.2. The standard InChI is InChI=1S/C18H29N3O3/c1-14-15(2)19-13-21(17(14)22)11-16-3-7-20(8-4-16)12-18(23)5-9-24-10-6-18/h13,16,23H,3-12H2,1-2H3. The number of hydrogen-bond acceptors (Lipinski definition) is 5. The van der Waals surface area contributed by atoms with Crippen LogP contribution in [0.3, 0.4) is 0 Å². The van der Waals surface area contributed by atoms with Crippen molar-refractivity contribution in [1.82, 2.24) is 14.5 Å². The van der Waals surface area contributed by atoms with E-state index in [9.17, 15) is 9.90 Å². The van der Waals surface area contributed by atoms with Crippen molar-refractivity contribution in [3.63, 3.8) is 0 Å². The molecule has 2 aliphatic rings. The molecule has 1 N–H and O–H groups in total. The Morgan fingerprint density at radius 1 is 1.29 bits per heavy atom. The largest absolute Gasteiger partial charge is 0.388 e. The highest BCUT2D eigenvalue weighted by Crippen LogP contribution is 2.25. The maximum atomic E-state index is 12.3. The number of aromatic nitrogens is 2. The Morgan fingerprint density at radius 3 is 2.62 bits per heavy atom. The van der Waals surface area contributed by atoms with Crippen molar-refractivity contribution < 1.29 is 9.84 Å². The summed E-state index contributed by atoms with van der Waals surface area (Å²) in [6.45, 7) is 8.51. The van der Waals surface area contributed by atoms with E-state index in [4.69, 9.17) is 4.74 Å². The lowest BCUT2D eigenvalue weighted by Crippen LogP contribution is -2.49. The molecule has 6 nitrogen and oxygen atoms in total. The highest BCUT2D eigenvalue weighted by Gasteiger charge is 2.33. The number of rotatable bonds is 4. The van der Waals surface area contributed by atoms with Crippen molar-refractivity contribution in [2.24, 2.45) is 5.92 Å². The number of piperidine rings is 1. The Hall–Kier alpha value is -1.24. The predicted octanol–water partition coefficient (Wildman–Crippen LogP) is 1.11. The molecule has 6 heteroatoms. The molecule has 0 spiro atoms. The topological polar surface area (TPSA) is 67.6 Å². The fourth-order valence-corrected chi connectivity index (χ4v) is 3.74. The third kappa shape index (κ3) is 4.05. The molecule has 1 aromatic rings. The van der Waals surface area contributed by atoms with Crippen LogP contribution in [0.5, 0.6) is 0 Å². The lowest BCUT2D eigenvalue weighted by atomic mass is 9.91. The smallest absolute Gasteiger partial charge is 0.256 e. The van der Waals surface area contributed by atoms with Gasteiger partial charge in [0.1, 0.15) is 0 Å². The summed E-state index contributed by atoms with van der Waals surface area (Å²) >= 11 is 0. The van der Waals surface area contributed by atoms with Gasteiger partial charge in [0.2, 0.25) is 0 Å². The molecule has 2 aliphatic heterocycles. The molecule has 0 amide bonds. The van der Waals surface area contributed by atoms with E-state index in [0.29, 0.717) is 19.1 Å². The molecule has 3 rings (SSSR count). The van der Waals surface area contributed by atoms with Crippen molar-refractivity contribution in [2.75, 3.05) is 32.8 Å². The Bertz CT molecular complexity index is 614. The van der Waals surface area contributed by atoms with Crippen LogP contribution in [0, 0.1) is 19.8 Å². The Kier molecular flexibility index (Phi) is 5.37. The second kappa shape index (κ2) is 7.33. The lowest BCUT2D eigenvalue weighted by molar-refractivity contribution is -0.0831. The van der Waals surface area contributed by atoms with E-state index in [1.807, 2.05) is 13.8 Å². The highest BCUT2D eigenvalue weighted by molar-refractivity contribution is 5.12. The van der Waals surface area contributed by atoms with Crippen LogP contribution >= 0.6 is 0 Å². The van der Waals surface area contributed by atoms with Crippen LogP contribution in [0.25, 0.3) is 0 Å². The summed E-state index contributed by atoms with van der Waals surface area (Å²) < 4.78 is 7.11.